The Morgan fingerprint density at radius 1 is 1.36 bits per heavy atom. The molecule has 1 atom stereocenters. The molecule has 14 heavy (non-hydrogen) atoms. The van der Waals surface area contributed by atoms with Crippen molar-refractivity contribution in [3.8, 4) is 0 Å². The Morgan fingerprint density at radius 2 is 1.93 bits per heavy atom. The van der Waals surface area contributed by atoms with Crippen LogP contribution in [0, 0.1) is 6.92 Å². The van der Waals surface area contributed by atoms with Gasteiger partial charge in [-0.05, 0) is 24.5 Å². The van der Waals surface area contributed by atoms with Gasteiger partial charge in [0.2, 0.25) is 0 Å². The number of benzene rings is 1. The first kappa shape index (κ1) is 11.4. The van der Waals surface area contributed by atoms with Crippen LogP contribution in [0.2, 0.25) is 5.02 Å². The molecule has 0 saturated carbocycles. The number of hydrogen-bond donors (Lipinski definition) is 0. The van der Waals surface area contributed by atoms with E-state index in [0.717, 1.165) is 0 Å². The third-order valence-corrected chi connectivity index (χ3v) is 2.18. The number of hydrogen-bond acceptors (Lipinski definition) is 0. The zero-order valence-corrected chi connectivity index (χ0v) is 8.28. The van der Waals surface area contributed by atoms with E-state index in [1.54, 1.807) is 6.92 Å². The average molecular weight is 222 g/mol. The molecule has 0 heterocycles. The Bertz CT molecular complexity index is 329. The monoisotopic (exact) mass is 221 g/mol. The largest absolute Gasteiger partial charge is 0.418 e. The fourth-order valence-corrected chi connectivity index (χ4v) is 1.54. The Labute approximate surface area is 85.7 Å². The van der Waals surface area contributed by atoms with E-state index in [2.05, 4.69) is 6.92 Å². The van der Waals surface area contributed by atoms with Gasteiger partial charge in [0.05, 0.1) is 10.6 Å². The molecule has 77 valence electrons. The summed E-state index contributed by atoms with van der Waals surface area (Å²) in [6.45, 7) is 5.16. The quantitative estimate of drug-likeness (QED) is 0.663. The van der Waals surface area contributed by atoms with Crippen molar-refractivity contribution in [3.63, 3.8) is 0 Å². The van der Waals surface area contributed by atoms with Crippen LogP contribution in [-0.4, -0.2) is 0 Å². The van der Waals surface area contributed by atoms with Gasteiger partial charge in [0, 0.05) is 0 Å². The highest BCUT2D eigenvalue weighted by Crippen LogP contribution is 2.39. The van der Waals surface area contributed by atoms with Gasteiger partial charge < -0.3 is 0 Å². The fraction of sp³-hybridized carbons (Fsp3) is 0.300. The molecule has 0 aliphatic heterocycles. The summed E-state index contributed by atoms with van der Waals surface area (Å²) in [5.74, 6) is -0.440. The van der Waals surface area contributed by atoms with Gasteiger partial charge in [0.25, 0.3) is 0 Å². The van der Waals surface area contributed by atoms with Crippen LogP contribution in [0.15, 0.2) is 18.2 Å². The van der Waals surface area contributed by atoms with Crippen molar-refractivity contribution in [1.82, 2.24) is 0 Å². The first-order chi connectivity index (χ1) is 6.34. The van der Waals surface area contributed by atoms with Crippen LogP contribution in [0.4, 0.5) is 13.2 Å². The maximum absolute atomic E-state index is 12.6. The molecule has 0 nitrogen and oxygen atoms in total. The smallest absolute Gasteiger partial charge is 0.166 e. The SMILES string of the molecule is [CH2]C(C)c1cccc(Cl)c1C(F)(F)F. The van der Waals surface area contributed by atoms with Crippen LogP contribution in [0.25, 0.3) is 0 Å². The molecule has 0 fully saturated rings. The van der Waals surface area contributed by atoms with Crippen molar-refractivity contribution in [1.29, 1.82) is 0 Å². The minimum Gasteiger partial charge on any atom is -0.166 e. The summed E-state index contributed by atoms with van der Waals surface area (Å²) in [6, 6.07) is 4.12. The van der Waals surface area contributed by atoms with Crippen LogP contribution in [0.3, 0.4) is 0 Å². The normalized spacial score (nSPS) is 12.2. The second-order valence-corrected chi connectivity index (χ2v) is 3.51. The minimum atomic E-state index is -4.42. The molecule has 0 aliphatic carbocycles. The van der Waals surface area contributed by atoms with E-state index in [0.29, 0.717) is 0 Å². The zero-order chi connectivity index (χ0) is 10.9. The Morgan fingerprint density at radius 3 is 2.29 bits per heavy atom. The Hall–Kier alpha value is -0.700. The van der Waals surface area contributed by atoms with Gasteiger partial charge in [-0.2, -0.15) is 13.2 Å². The predicted octanol–water partition coefficient (Wildman–Crippen LogP) is 4.30. The van der Waals surface area contributed by atoms with Crippen molar-refractivity contribution in [2.75, 3.05) is 0 Å². The third kappa shape index (κ3) is 2.21. The summed E-state index contributed by atoms with van der Waals surface area (Å²) in [5.41, 5.74) is -0.644. The van der Waals surface area contributed by atoms with Crippen molar-refractivity contribution >= 4 is 11.6 Å². The highest BCUT2D eigenvalue weighted by Gasteiger charge is 2.36. The van der Waals surface area contributed by atoms with Gasteiger partial charge >= 0.3 is 6.18 Å². The van der Waals surface area contributed by atoms with Gasteiger partial charge in [0.15, 0.2) is 0 Å². The molecule has 0 N–H and O–H groups in total. The summed E-state index contributed by atoms with van der Waals surface area (Å²) in [4.78, 5) is 0. The average Bonchev–Trinajstić information content (AvgIpc) is 2.01. The van der Waals surface area contributed by atoms with Crippen molar-refractivity contribution in [3.05, 3.63) is 41.3 Å². The van der Waals surface area contributed by atoms with Gasteiger partial charge in [-0.15, -0.1) is 0 Å². The molecule has 1 aromatic carbocycles. The Balaban J connectivity index is 3.38. The molecule has 4 heteroatoms. The molecular formula is C10H9ClF3. The summed E-state index contributed by atoms with van der Waals surface area (Å²) in [5, 5.41) is -0.273. The maximum Gasteiger partial charge on any atom is 0.418 e. The lowest BCUT2D eigenvalue weighted by Gasteiger charge is -2.16. The minimum absolute atomic E-state index is 0.130. The van der Waals surface area contributed by atoms with Gasteiger partial charge in [-0.1, -0.05) is 30.7 Å². The number of alkyl halides is 3. The van der Waals surface area contributed by atoms with Gasteiger partial charge in [-0.3, -0.25) is 0 Å². The van der Waals surface area contributed by atoms with E-state index in [-0.39, 0.29) is 10.6 Å². The summed E-state index contributed by atoms with van der Waals surface area (Å²) in [7, 11) is 0. The molecular weight excluding hydrogens is 213 g/mol. The standard InChI is InChI=1S/C10H9ClF3/c1-6(2)7-4-3-5-8(11)9(7)10(12,13)14/h3-6H,1H2,2H3. The topological polar surface area (TPSA) is 0 Å². The molecule has 1 radical (unpaired) electrons. The second-order valence-electron chi connectivity index (χ2n) is 3.10. The van der Waals surface area contributed by atoms with Gasteiger partial charge in [-0.25, -0.2) is 0 Å². The highest BCUT2D eigenvalue weighted by atomic mass is 35.5. The lowest BCUT2D eigenvalue weighted by molar-refractivity contribution is -0.138. The first-order valence-electron chi connectivity index (χ1n) is 4.02. The van der Waals surface area contributed by atoms with Crippen LogP contribution >= 0.6 is 11.6 Å². The van der Waals surface area contributed by atoms with E-state index in [1.165, 1.54) is 18.2 Å². The second kappa shape index (κ2) is 3.81. The molecule has 1 rings (SSSR count). The lowest BCUT2D eigenvalue weighted by atomic mass is 9.97. The molecule has 0 spiro atoms. The molecule has 0 aliphatic rings. The van der Waals surface area contributed by atoms with Crippen molar-refractivity contribution in [2.24, 2.45) is 0 Å². The summed E-state index contributed by atoms with van der Waals surface area (Å²) in [6.07, 6.45) is -4.42. The van der Waals surface area contributed by atoms with E-state index >= 15 is 0 Å². The number of halogens is 4. The van der Waals surface area contributed by atoms with Crippen LogP contribution in [-0.2, 0) is 6.18 Å². The van der Waals surface area contributed by atoms with E-state index in [1.807, 2.05) is 0 Å². The molecule has 0 saturated heterocycles. The summed E-state index contributed by atoms with van der Waals surface area (Å²) >= 11 is 5.51. The molecule has 1 unspecified atom stereocenters. The molecule has 0 aromatic heterocycles. The van der Waals surface area contributed by atoms with Crippen molar-refractivity contribution < 1.29 is 13.2 Å². The van der Waals surface area contributed by atoms with Crippen LogP contribution in [0.1, 0.15) is 24.0 Å². The molecule has 0 amide bonds. The third-order valence-electron chi connectivity index (χ3n) is 1.86. The van der Waals surface area contributed by atoms with E-state index in [9.17, 15) is 13.2 Å². The van der Waals surface area contributed by atoms with E-state index < -0.39 is 17.7 Å². The number of rotatable bonds is 1. The fourth-order valence-electron chi connectivity index (χ4n) is 1.25. The van der Waals surface area contributed by atoms with Crippen LogP contribution < -0.4 is 0 Å². The highest BCUT2D eigenvalue weighted by molar-refractivity contribution is 6.31. The first-order valence-corrected chi connectivity index (χ1v) is 4.40. The van der Waals surface area contributed by atoms with Gasteiger partial charge in [0.1, 0.15) is 0 Å². The molecule has 0 bridgehead atoms. The van der Waals surface area contributed by atoms with Crippen LogP contribution in [0.5, 0.6) is 0 Å². The summed E-state index contributed by atoms with van der Waals surface area (Å²) < 4.78 is 37.7. The molecule has 1 aromatic rings. The van der Waals surface area contributed by atoms with E-state index in [4.69, 9.17) is 11.6 Å². The predicted molar refractivity (Wildman–Crippen MR) is 50.2 cm³/mol. The lowest BCUT2D eigenvalue weighted by Crippen LogP contribution is -2.11. The van der Waals surface area contributed by atoms with Crippen molar-refractivity contribution in [2.45, 2.75) is 19.0 Å². The maximum atomic E-state index is 12.6. The zero-order valence-electron chi connectivity index (χ0n) is 7.53. The Kier molecular flexibility index (Phi) is 3.10.